The van der Waals surface area contributed by atoms with E-state index in [1.54, 1.807) is 6.07 Å². The Hall–Kier alpha value is -1.60. The molecule has 7 nitrogen and oxygen atoms in total. The van der Waals surface area contributed by atoms with Crippen LogP contribution in [0.25, 0.3) is 0 Å². The molecule has 0 unspecified atom stereocenters. The highest BCUT2D eigenvalue weighted by atomic mass is 35.5. The lowest BCUT2D eigenvalue weighted by atomic mass is 10.1. The number of pyridine rings is 1. The van der Waals surface area contributed by atoms with Crippen LogP contribution in [0.2, 0.25) is 0 Å². The first-order chi connectivity index (χ1) is 8.16. The Morgan fingerprint density at radius 3 is 2.67 bits per heavy atom. The van der Waals surface area contributed by atoms with Crippen LogP contribution in [-0.4, -0.2) is 29.0 Å². The molecule has 1 saturated heterocycles. The van der Waals surface area contributed by atoms with E-state index in [4.69, 9.17) is 5.73 Å². The van der Waals surface area contributed by atoms with Crippen molar-refractivity contribution in [3.05, 3.63) is 22.2 Å². The van der Waals surface area contributed by atoms with Gasteiger partial charge in [-0.05, 0) is 32.0 Å². The van der Waals surface area contributed by atoms with Crippen LogP contribution in [0, 0.1) is 10.1 Å². The minimum Gasteiger partial charge on any atom is -0.378 e. The molecule has 1 aromatic rings. The average Bonchev–Trinajstić information content (AvgIpc) is 2.30. The molecule has 0 saturated carbocycles. The minimum absolute atomic E-state index is 0. The summed E-state index contributed by atoms with van der Waals surface area (Å²) in [6.07, 6.45) is 2.02. The third-order valence-electron chi connectivity index (χ3n) is 2.79. The number of nitrogens with two attached hydrogens (primary N) is 1. The highest BCUT2D eigenvalue weighted by Gasteiger charge is 2.16. The lowest BCUT2D eigenvalue weighted by Crippen LogP contribution is -2.35. The highest BCUT2D eigenvalue weighted by Crippen LogP contribution is 2.21. The van der Waals surface area contributed by atoms with Gasteiger partial charge >= 0.3 is 5.69 Å². The van der Waals surface area contributed by atoms with Crippen LogP contribution >= 0.6 is 12.4 Å². The maximum absolute atomic E-state index is 10.6. The van der Waals surface area contributed by atoms with Gasteiger partial charge < -0.3 is 16.4 Å². The largest absolute Gasteiger partial charge is 0.378 e. The van der Waals surface area contributed by atoms with Crippen LogP contribution in [0.5, 0.6) is 0 Å². The lowest BCUT2D eigenvalue weighted by Gasteiger charge is -2.24. The molecule has 2 rings (SSSR count). The zero-order valence-corrected chi connectivity index (χ0v) is 10.6. The van der Waals surface area contributed by atoms with Crippen molar-refractivity contribution in [3.63, 3.8) is 0 Å². The van der Waals surface area contributed by atoms with Crippen LogP contribution < -0.4 is 16.4 Å². The summed E-state index contributed by atoms with van der Waals surface area (Å²) in [4.78, 5) is 14.0. The summed E-state index contributed by atoms with van der Waals surface area (Å²) >= 11 is 0. The Balaban J connectivity index is 0.00000162. The van der Waals surface area contributed by atoms with E-state index in [0.717, 1.165) is 25.9 Å². The van der Waals surface area contributed by atoms with Crippen LogP contribution in [0.4, 0.5) is 17.3 Å². The number of aromatic nitrogens is 1. The number of nitrogens with zero attached hydrogens (tertiary/aromatic N) is 2. The van der Waals surface area contributed by atoms with Gasteiger partial charge in [-0.15, -0.1) is 12.4 Å². The second-order valence-electron chi connectivity index (χ2n) is 4.03. The topological polar surface area (TPSA) is 106 Å². The lowest BCUT2D eigenvalue weighted by molar-refractivity contribution is -0.384. The molecule has 4 N–H and O–H groups in total. The Morgan fingerprint density at radius 1 is 1.44 bits per heavy atom. The molecule has 18 heavy (non-hydrogen) atoms. The van der Waals surface area contributed by atoms with Gasteiger partial charge in [0.25, 0.3) is 0 Å². The number of nitrogen functional groups attached to an aromatic ring is 1. The summed E-state index contributed by atoms with van der Waals surface area (Å²) < 4.78 is 0. The van der Waals surface area contributed by atoms with E-state index < -0.39 is 4.92 Å². The monoisotopic (exact) mass is 273 g/mol. The van der Waals surface area contributed by atoms with Crippen molar-refractivity contribution in [2.24, 2.45) is 0 Å². The average molecular weight is 274 g/mol. The van der Waals surface area contributed by atoms with Crippen molar-refractivity contribution in [3.8, 4) is 0 Å². The van der Waals surface area contributed by atoms with E-state index in [-0.39, 0.29) is 23.9 Å². The van der Waals surface area contributed by atoms with E-state index in [2.05, 4.69) is 15.6 Å². The number of hydrogen-bond donors (Lipinski definition) is 3. The van der Waals surface area contributed by atoms with Gasteiger partial charge in [0.05, 0.1) is 4.92 Å². The molecule has 0 bridgehead atoms. The summed E-state index contributed by atoms with van der Waals surface area (Å²) in [7, 11) is 0. The van der Waals surface area contributed by atoms with Crippen molar-refractivity contribution >= 4 is 29.7 Å². The zero-order chi connectivity index (χ0) is 12.3. The molecular weight excluding hydrogens is 258 g/mol. The van der Waals surface area contributed by atoms with Gasteiger partial charge in [-0.25, -0.2) is 4.98 Å². The molecule has 1 aliphatic heterocycles. The maximum atomic E-state index is 10.6. The number of anilines is 2. The number of nitrogens with one attached hydrogen (secondary N) is 2. The maximum Gasteiger partial charge on any atom is 0.311 e. The van der Waals surface area contributed by atoms with Crippen molar-refractivity contribution in [1.82, 2.24) is 10.3 Å². The first kappa shape index (κ1) is 14.5. The van der Waals surface area contributed by atoms with Gasteiger partial charge in [0, 0.05) is 12.1 Å². The standard InChI is InChI=1S/C10H15N5O2.ClH/c11-10-8(15(16)17)1-2-9(14-10)13-7-3-5-12-6-4-7;/h1-2,7,12H,3-6H2,(H3,11,13,14);1H. The van der Waals surface area contributed by atoms with Gasteiger partial charge in [-0.2, -0.15) is 0 Å². The molecule has 0 aromatic carbocycles. The summed E-state index contributed by atoms with van der Waals surface area (Å²) in [5.41, 5.74) is 5.37. The second kappa shape index (κ2) is 6.36. The fourth-order valence-electron chi connectivity index (χ4n) is 1.88. The SMILES string of the molecule is Cl.Nc1nc(NC2CCNCC2)ccc1[N+](=O)[O-]. The Morgan fingerprint density at radius 2 is 2.11 bits per heavy atom. The number of halogens is 1. The van der Waals surface area contributed by atoms with Gasteiger partial charge in [-0.1, -0.05) is 0 Å². The van der Waals surface area contributed by atoms with E-state index in [1.165, 1.54) is 6.07 Å². The first-order valence-corrected chi connectivity index (χ1v) is 5.55. The summed E-state index contributed by atoms with van der Waals surface area (Å²) in [5.74, 6) is 0.550. The molecule has 2 heterocycles. The predicted molar refractivity (Wildman–Crippen MR) is 72.1 cm³/mol. The molecule has 0 spiro atoms. The molecule has 0 atom stereocenters. The molecule has 1 aromatic heterocycles. The number of hydrogen-bond acceptors (Lipinski definition) is 6. The number of rotatable bonds is 3. The van der Waals surface area contributed by atoms with E-state index in [9.17, 15) is 10.1 Å². The third kappa shape index (κ3) is 3.44. The number of nitro groups is 1. The quantitative estimate of drug-likeness (QED) is 0.564. The Bertz CT molecular complexity index is 423. The molecular formula is C10H16ClN5O2. The second-order valence-corrected chi connectivity index (χ2v) is 4.03. The van der Waals surface area contributed by atoms with Gasteiger partial charge in [0.1, 0.15) is 5.82 Å². The molecule has 8 heteroatoms. The molecule has 100 valence electrons. The van der Waals surface area contributed by atoms with Crippen molar-refractivity contribution < 1.29 is 4.92 Å². The smallest absolute Gasteiger partial charge is 0.311 e. The predicted octanol–water partition coefficient (Wildman–Crippen LogP) is 1.16. The van der Waals surface area contributed by atoms with Gasteiger partial charge in [-0.3, -0.25) is 10.1 Å². The van der Waals surface area contributed by atoms with E-state index >= 15 is 0 Å². The first-order valence-electron chi connectivity index (χ1n) is 5.55. The summed E-state index contributed by atoms with van der Waals surface area (Å²) in [5, 5.41) is 17.1. The van der Waals surface area contributed by atoms with Crippen molar-refractivity contribution in [1.29, 1.82) is 0 Å². The molecule has 1 aliphatic rings. The fourth-order valence-corrected chi connectivity index (χ4v) is 1.88. The van der Waals surface area contributed by atoms with Crippen LogP contribution in [0.1, 0.15) is 12.8 Å². The molecule has 0 radical (unpaired) electrons. The van der Waals surface area contributed by atoms with E-state index in [1.807, 2.05) is 0 Å². The van der Waals surface area contributed by atoms with Crippen LogP contribution in [-0.2, 0) is 0 Å². The summed E-state index contributed by atoms with van der Waals surface area (Å²) in [6.45, 7) is 1.94. The van der Waals surface area contributed by atoms with E-state index in [0.29, 0.717) is 11.9 Å². The third-order valence-corrected chi connectivity index (χ3v) is 2.79. The molecule has 1 fully saturated rings. The highest BCUT2D eigenvalue weighted by molar-refractivity contribution is 5.85. The fraction of sp³-hybridized carbons (Fsp3) is 0.500. The Labute approximate surface area is 111 Å². The minimum atomic E-state index is -0.531. The molecule has 0 aliphatic carbocycles. The summed E-state index contributed by atoms with van der Waals surface area (Å²) in [6, 6.07) is 3.33. The Kier molecular flexibility index (Phi) is 5.11. The van der Waals surface area contributed by atoms with Crippen LogP contribution in [0.15, 0.2) is 12.1 Å². The van der Waals surface area contributed by atoms with Crippen molar-refractivity contribution in [2.75, 3.05) is 24.1 Å². The number of piperidine rings is 1. The molecule has 0 amide bonds. The van der Waals surface area contributed by atoms with Crippen molar-refractivity contribution in [2.45, 2.75) is 18.9 Å². The van der Waals surface area contributed by atoms with Gasteiger partial charge in [0.15, 0.2) is 0 Å². The van der Waals surface area contributed by atoms with Gasteiger partial charge in [0.2, 0.25) is 5.82 Å². The van der Waals surface area contributed by atoms with Crippen LogP contribution in [0.3, 0.4) is 0 Å². The normalized spacial score (nSPS) is 15.8. The zero-order valence-electron chi connectivity index (χ0n) is 9.76.